The Morgan fingerprint density at radius 1 is 1.04 bits per heavy atom. The molecule has 28 heavy (non-hydrogen) atoms. The fourth-order valence-corrected chi connectivity index (χ4v) is 3.38. The topological polar surface area (TPSA) is 78.5 Å². The predicted octanol–water partition coefficient (Wildman–Crippen LogP) is 4.14. The summed E-state index contributed by atoms with van der Waals surface area (Å²) in [5.74, 6) is -0.248. The van der Waals surface area contributed by atoms with Crippen molar-refractivity contribution in [1.29, 1.82) is 0 Å². The van der Waals surface area contributed by atoms with E-state index in [2.05, 4.69) is 10.6 Å². The maximum Gasteiger partial charge on any atom is 0.322 e. The van der Waals surface area contributed by atoms with Gasteiger partial charge in [0.2, 0.25) is 5.91 Å². The smallest absolute Gasteiger partial charge is 0.322 e. The highest BCUT2D eigenvalue weighted by Gasteiger charge is 2.34. The molecule has 1 aliphatic heterocycles. The molecule has 0 bridgehead atoms. The Hall–Kier alpha value is -3.15. The summed E-state index contributed by atoms with van der Waals surface area (Å²) in [4.78, 5) is 38.6. The number of amides is 3. The molecule has 6 heteroatoms. The lowest BCUT2D eigenvalue weighted by molar-refractivity contribution is -0.119. The molecule has 1 aliphatic rings. The van der Waals surface area contributed by atoms with E-state index in [-0.39, 0.29) is 17.7 Å². The molecule has 0 unspecified atom stereocenters. The van der Waals surface area contributed by atoms with Crippen molar-refractivity contribution in [2.24, 2.45) is 0 Å². The van der Waals surface area contributed by atoms with E-state index >= 15 is 0 Å². The van der Waals surface area contributed by atoms with Gasteiger partial charge in [-0.1, -0.05) is 24.3 Å². The van der Waals surface area contributed by atoms with E-state index in [1.807, 2.05) is 32.0 Å². The number of rotatable bonds is 4. The minimum atomic E-state index is -0.518. The highest BCUT2D eigenvalue weighted by molar-refractivity contribution is 6.01. The fraction of sp³-hybridized carbons (Fsp3) is 0.318. The number of carbonyl (C=O) groups excluding carboxylic acids is 3. The Morgan fingerprint density at radius 3 is 2.57 bits per heavy atom. The Morgan fingerprint density at radius 2 is 1.82 bits per heavy atom. The summed E-state index contributed by atoms with van der Waals surface area (Å²) in [5.41, 5.74) is 3.88. The molecular weight excluding hydrogens is 354 g/mol. The number of anilines is 2. The van der Waals surface area contributed by atoms with Crippen LogP contribution in [0.2, 0.25) is 0 Å². The first kappa shape index (κ1) is 19.6. The molecule has 3 amide bonds. The number of benzene rings is 2. The van der Waals surface area contributed by atoms with Crippen molar-refractivity contribution in [3.05, 3.63) is 59.2 Å². The highest BCUT2D eigenvalue weighted by Crippen LogP contribution is 2.23. The van der Waals surface area contributed by atoms with E-state index in [4.69, 9.17) is 0 Å². The molecule has 1 heterocycles. The van der Waals surface area contributed by atoms with Gasteiger partial charge >= 0.3 is 6.03 Å². The van der Waals surface area contributed by atoms with Gasteiger partial charge in [0.05, 0.1) is 0 Å². The molecule has 1 atom stereocenters. The summed E-state index contributed by atoms with van der Waals surface area (Å²) in [6, 6.07) is 11.8. The minimum Gasteiger partial charge on any atom is -0.324 e. The number of likely N-dealkylation sites (tertiary alicyclic amines) is 1. The summed E-state index contributed by atoms with van der Waals surface area (Å²) < 4.78 is 0. The van der Waals surface area contributed by atoms with Crippen LogP contribution in [-0.2, 0) is 4.79 Å². The van der Waals surface area contributed by atoms with Crippen LogP contribution in [0.5, 0.6) is 0 Å². The first-order chi connectivity index (χ1) is 13.3. The number of hydrogen-bond donors (Lipinski definition) is 2. The number of hydrogen-bond acceptors (Lipinski definition) is 3. The summed E-state index contributed by atoms with van der Waals surface area (Å²) in [5, 5.41) is 5.76. The number of nitrogens with zero attached hydrogens (tertiary/aromatic N) is 1. The third kappa shape index (κ3) is 4.39. The van der Waals surface area contributed by atoms with Crippen molar-refractivity contribution >= 4 is 29.1 Å². The van der Waals surface area contributed by atoms with E-state index < -0.39 is 6.04 Å². The van der Waals surface area contributed by atoms with Crippen molar-refractivity contribution in [2.75, 3.05) is 17.2 Å². The van der Waals surface area contributed by atoms with E-state index in [0.717, 1.165) is 23.2 Å². The van der Waals surface area contributed by atoms with E-state index in [1.54, 1.807) is 29.2 Å². The van der Waals surface area contributed by atoms with Gasteiger partial charge in [-0.05, 0) is 62.9 Å². The van der Waals surface area contributed by atoms with Crippen molar-refractivity contribution in [3.8, 4) is 0 Å². The Balaban J connectivity index is 1.70. The van der Waals surface area contributed by atoms with Gasteiger partial charge in [-0.25, -0.2) is 4.79 Å². The van der Waals surface area contributed by atoms with Crippen LogP contribution < -0.4 is 10.6 Å². The maximum absolute atomic E-state index is 12.8. The number of carbonyl (C=O) groups is 3. The monoisotopic (exact) mass is 379 g/mol. The number of aryl methyl sites for hydroxylation is 2. The molecule has 0 spiro atoms. The molecule has 0 saturated carbocycles. The van der Waals surface area contributed by atoms with Crippen LogP contribution in [0.4, 0.5) is 16.2 Å². The quantitative estimate of drug-likeness (QED) is 0.784. The molecule has 2 aromatic rings. The fourth-order valence-electron chi connectivity index (χ4n) is 3.38. The Labute approximate surface area is 164 Å². The van der Waals surface area contributed by atoms with Crippen LogP contribution in [-0.4, -0.2) is 35.2 Å². The summed E-state index contributed by atoms with van der Waals surface area (Å²) in [6.07, 6.45) is 1.39. The van der Waals surface area contributed by atoms with Crippen molar-refractivity contribution in [2.45, 2.75) is 39.7 Å². The third-order valence-corrected chi connectivity index (χ3v) is 4.99. The zero-order chi connectivity index (χ0) is 20.3. The van der Waals surface area contributed by atoms with Crippen LogP contribution >= 0.6 is 0 Å². The number of ketones is 1. The highest BCUT2D eigenvalue weighted by atomic mass is 16.2. The lowest BCUT2D eigenvalue weighted by Crippen LogP contribution is -2.45. The van der Waals surface area contributed by atoms with Crippen molar-refractivity contribution in [3.63, 3.8) is 0 Å². The Bertz CT molecular complexity index is 923. The van der Waals surface area contributed by atoms with E-state index in [1.165, 1.54) is 6.92 Å². The van der Waals surface area contributed by atoms with Gasteiger partial charge in [-0.2, -0.15) is 0 Å². The summed E-state index contributed by atoms with van der Waals surface area (Å²) >= 11 is 0. The zero-order valence-corrected chi connectivity index (χ0v) is 16.4. The number of Topliss-reactive ketones (excluding diaryl/α,β-unsaturated/α-hetero) is 1. The minimum absolute atomic E-state index is 0.0666. The molecule has 6 nitrogen and oxygen atoms in total. The largest absolute Gasteiger partial charge is 0.324 e. The van der Waals surface area contributed by atoms with E-state index in [0.29, 0.717) is 24.2 Å². The standard InChI is InChI=1S/C22H25N3O3/c1-14-9-10-15(2)19(12-14)24-21(27)20-8-5-11-25(20)22(28)23-18-7-4-6-17(13-18)16(3)26/h4,6-7,9-10,12-13,20H,5,8,11H2,1-3H3,(H,23,28)(H,24,27)/t20-/m1/s1. The summed E-state index contributed by atoms with van der Waals surface area (Å²) in [7, 11) is 0. The molecule has 0 aromatic heterocycles. The molecule has 3 rings (SSSR count). The van der Waals surface area contributed by atoms with Crippen LogP contribution in [0.15, 0.2) is 42.5 Å². The lowest BCUT2D eigenvalue weighted by atomic mass is 10.1. The molecular formula is C22H25N3O3. The maximum atomic E-state index is 12.8. The van der Waals surface area contributed by atoms with Gasteiger partial charge in [0.15, 0.2) is 5.78 Å². The molecule has 2 aromatic carbocycles. The normalized spacial score (nSPS) is 16.0. The second-order valence-corrected chi connectivity index (χ2v) is 7.23. The average Bonchev–Trinajstić information content (AvgIpc) is 3.15. The van der Waals surface area contributed by atoms with Gasteiger partial charge in [0, 0.05) is 23.5 Å². The van der Waals surface area contributed by atoms with Gasteiger partial charge in [-0.15, -0.1) is 0 Å². The second kappa shape index (κ2) is 8.25. The molecule has 0 radical (unpaired) electrons. The SMILES string of the molecule is CC(=O)c1cccc(NC(=O)N2CCC[C@@H]2C(=O)Nc2cc(C)ccc2C)c1. The van der Waals surface area contributed by atoms with Crippen LogP contribution in [0, 0.1) is 13.8 Å². The van der Waals surface area contributed by atoms with Gasteiger partial charge in [0.1, 0.15) is 6.04 Å². The van der Waals surface area contributed by atoms with Crippen LogP contribution in [0.3, 0.4) is 0 Å². The molecule has 146 valence electrons. The lowest BCUT2D eigenvalue weighted by Gasteiger charge is -2.24. The number of nitrogens with one attached hydrogen (secondary N) is 2. The zero-order valence-electron chi connectivity index (χ0n) is 16.4. The predicted molar refractivity (Wildman–Crippen MR) is 110 cm³/mol. The van der Waals surface area contributed by atoms with Gasteiger partial charge in [0.25, 0.3) is 0 Å². The molecule has 1 saturated heterocycles. The van der Waals surface area contributed by atoms with Crippen LogP contribution in [0.1, 0.15) is 41.3 Å². The average molecular weight is 379 g/mol. The molecule has 0 aliphatic carbocycles. The first-order valence-corrected chi connectivity index (χ1v) is 9.42. The van der Waals surface area contributed by atoms with Gasteiger partial charge < -0.3 is 15.5 Å². The first-order valence-electron chi connectivity index (χ1n) is 9.42. The van der Waals surface area contributed by atoms with Crippen LogP contribution in [0.25, 0.3) is 0 Å². The van der Waals surface area contributed by atoms with Crippen molar-refractivity contribution < 1.29 is 14.4 Å². The van der Waals surface area contributed by atoms with E-state index in [9.17, 15) is 14.4 Å². The Kier molecular flexibility index (Phi) is 5.78. The third-order valence-electron chi connectivity index (χ3n) is 4.99. The van der Waals surface area contributed by atoms with Gasteiger partial charge in [-0.3, -0.25) is 9.59 Å². The number of urea groups is 1. The second-order valence-electron chi connectivity index (χ2n) is 7.23. The molecule has 1 fully saturated rings. The van der Waals surface area contributed by atoms with Crippen molar-refractivity contribution in [1.82, 2.24) is 4.90 Å². The molecule has 2 N–H and O–H groups in total. The summed E-state index contributed by atoms with van der Waals surface area (Å²) in [6.45, 7) is 5.91.